The van der Waals surface area contributed by atoms with Crippen molar-refractivity contribution in [1.82, 2.24) is 4.98 Å². The van der Waals surface area contributed by atoms with E-state index in [1.165, 1.54) is 24.1 Å². The van der Waals surface area contributed by atoms with Gasteiger partial charge >= 0.3 is 0 Å². The van der Waals surface area contributed by atoms with Crippen LogP contribution in [0.4, 0.5) is 0 Å². The van der Waals surface area contributed by atoms with Crippen LogP contribution in [0.3, 0.4) is 0 Å². The number of nitrogens with zero attached hydrogens (tertiary/aromatic N) is 1. The molecule has 1 aliphatic heterocycles. The number of ether oxygens (including phenoxy) is 2. The molecule has 3 nitrogen and oxygen atoms in total. The van der Waals surface area contributed by atoms with Crippen molar-refractivity contribution in [3.8, 4) is 5.88 Å². The van der Waals surface area contributed by atoms with Crippen molar-refractivity contribution in [3.63, 3.8) is 0 Å². The lowest BCUT2D eigenvalue weighted by atomic mass is 10.0. The predicted octanol–water partition coefficient (Wildman–Crippen LogP) is 3.07. The van der Waals surface area contributed by atoms with Gasteiger partial charge in [-0.1, -0.05) is 0 Å². The van der Waals surface area contributed by atoms with E-state index in [2.05, 4.69) is 18.0 Å². The van der Waals surface area contributed by atoms with Crippen molar-refractivity contribution in [2.75, 3.05) is 19.8 Å². The minimum Gasteiger partial charge on any atom is -0.477 e. The molecular weight excluding hydrogens is 226 g/mol. The molecule has 3 heteroatoms. The van der Waals surface area contributed by atoms with Gasteiger partial charge < -0.3 is 9.47 Å². The summed E-state index contributed by atoms with van der Waals surface area (Å²) in [5.41, 5.74) is 2.48. The zero-order valence-corrected chi connectivity index (χ0v) is 11.0. The van der Waals surface area contributed by atoms with Gasteiger partial charge in [-0.15, -0.1) is 0 Å². The first kappa shape index (κ1) is 12.0. The summed E-state index contributed by atoms with van der Waals surface area (Å²) < 4.78 is 11.2. The molecule has 18 heavy (non-hydrogen) atoms. The Kier molecular flexibility index (Phi) is 3.50. The van der Waals surface area contributed by atoms with Crippen molar-refractivity contribution < 1.29 is 9.47 Å². The Bertz CT molecular complexity index is 409. The molecule has 0 radical (unpaired) electrons. The fraction of sp³-hybridized carbons (Fsp3) is 0.667. The molecule has 0 atom stereocenters. The maximum Gasteiger partial charge on any atom is 0.213 e. The smallest absolute Gasteiger partial charge is 0.213 e. The third kappa shape index (κ3) is 3.02. The summed E-state index contributed by atoms with van der Waals surface area (Å²) in [7, 11) is 0. The quantitative estimate of drug-likeness (QED) is 0.819. The molecule has 0 spiro atoms. The number of aromatic nitrogens is 1. The molecule has 0 bridgehead atoms. The number of hydrogen-bond acceptors (Lipinski definition) is 3. The summed E-state index contributed by atoms with van der Waals surface area (Å²) in [4.78, 5) is 4.63. The molecule has 98 valence electrons. The van der Waals surface area contributed by atoms with E-state index in [0.29, 0.717) is 11.8 Å². The summed E-state index contributed by atoms with van der Waals surface area (Å²) in [6.07, 6.45) is 4.80. The van der Waals surface area contributed by atoms with Crippen LogP contribution in [0.15, 0.2) is 12.1 Å². The molecule has 3 rings (SSSR count). The third-order valence-electron chi connectivity index (χ3n) is 3.77. The lowest BCUT2D eigenvalue weighted by Gasteiger charge is -2.22. The second-order valence-electron chi connectivity index (χ2n) is 5.55. The summed E-state index contributed by atoms with van der Waals surface area (Å²) in [5, 5.41) is 0. The molecule has 1 saturated heterocycles. The van der Waals surface area contributed by atoms with Gasteiger partial charge in [0.1, 0.15) is 0 Å². The Labute approximate surface area is 109 Å². The first-order valence-corrected chi connectivity index (χ1v) is 7.00. The Balaban J connectivity index is 1.60. The standard InChI is InChI=1S/C15H21NO2/c1-11-8-14(13-2-3-13)16-15(9-11)18-10-12-4-6-17-7-5-12/h8-9,12-13H,2-7,10H2,1H3. The van der Waals surface area contributed by atoms with Crippen LogP contribution >= 0.6 is 0 Å². The van der Waals surface area contributed by atoms with Crippen molar-refractivity contribution in [3.05, 3.63) is 23.4 Å². The minimum atomic E-state index is 0.630. The summed E-state index contributed by atoms with van der Waals surface area (Å²) in [6.45, 7) is 4.66. The third-order valence-corrected chi connectivity index (χ3v) is 3.77. The van der Waals surface area contributed by atoms with Gasteiger partial charge in [-0.3, -0.25) is 0 Å². The minimum absolute atomic E-state index is 0.630. The van der Waals surface area contributed by atoms with E-state index in [4.69, 9.17) is 9.47 Å². The molecule has 2 aliphatic rings. The summed E-state index contributed by atoms with van der Waals surface area (Å²) >= 11 is 0. The summed E-state index contributed by atoms with van der Waals surface area (Å²) in [5.74, 6) is 2.13. The molecule has 0 unspecified atom stereocenters. The highest BCUT2D eigenvalue weighted by atomic mass is 16.5. The van der Waals surface area contributed by atoms with E-state index >= 15 is 0 Å². The van der Waals surface area contributed by atoms with Gasteiger partial charge in [0.15, 0.2) is 0 Å². The van der Waals surface area contributed by atoms with Crippen LogP contribution in [0.5, 0.6) is 5.88 Å². The molecule has 1 aromatic heterocycles. The Morgan fingerprint density at radius 2 is 2.00 bits per heavy atom. The van der Waals surface area contributed by atoms with Gasteiger partial charge in [0, 0.05) is 30.9 Å². The van der Waals surface area contributed by atoms with Gasteiger partial charge in [0.2, 0.25) is 5.88 Å². The number of aryl methyl sites for hydroxylation is 1. The van der Waals surface area contributed by atoms with Crippen molar-refractivity contribution in [1.29, 1.82) is 0 Å². The number of pyridine rings is 1. The second kappa shape index (κ2) is 5.27. The molecule has 1 aromatic rings. The van der Waals surface area contributed by atoms with E-state index < -0.39 is 0 Å². The zero-order chi connectivity index (χ0) is 12.4. The highest BCUT2D eigenvalue weighted by molar-refractivity contribution is 5.27. The fourth-order valence-corrected chi connectivity index (χ4v) is 2.44. The van der Waals surface area contributed by atoms with Crippen molar-refractivity contribution in [2.24, 2.45) is 5.92 Å². The van der Waals surface area contributed by atoms with Crippen LogP contribution in [0.25, 0.3) is 0 Å². The number of rotatable bonds is 4. The maximum absolute atomic E-state index is 5.88. The molecule has 1 aliphatic carbocycles. The SMILES string of the molecule is Cc1cc(OCC2CCOCC2)nc(C2CC2)c1. The normalized spacial score (nSPS) is 20.9. The van der Waals surface area contributed by atoms with Gasteiger partial charge in [-0.05, 0) is 50.2 Å². The zero-order valence-electron chi connectivity index (χ0n) is 11.0. The molecular formula is C15H21NO2. The average molecular weight is 247 g/mol. The fourth-order valence-electron chi connectivity index (χ4n) is 2.44. The first-order valence-electron chi connectivity index (χ1n) is 7.00. The monoisotopic (exact) mass is 247 g/mol. The van der Waals surface area contributed by atoms with E-state index in [1.54, 1.807) is 0 Å². The first-order chi connectivity index (χ1) is 8.81. The largest absolute Gasteiger partial charge is 0.477 e. The van der Waals surface area contributed by atoms with Crippen LogP contribution in [0.2, 0.25) is 0 Å². The van der Waals surface area contributed by atoms with Crippen LogP contribution < -0.4 is 4.74 Å². The molecule has 0 amide bonds. The van der Waals surface area contributed by atoms with Crippen LogP contribution in [-0.4, -0.2) is 24.8 Å². The molecule has 2 fully saturated rings. The highest BCUT2D eigenvalue weighted by Gasteiger charge is 2.25. The molecule has 0 aromatic carbocycles. The van der Waals surface area contributed by atoms with Crippen molar-refractivity contribution >= 4 is 0 Å². The van der Waals surface area contributed by atoms with Gasteiger partial charge in [-0.2, -0.15) is 0 Å². The average Bonchev–Trinajstić information content (AvgIpc) is 3.21. The van der Waals surface area contributed by atoms with Gasteiger partial charge in [-0.25, -0.2) is 4.98 Å². The van der Waals surface area contributed by atoms with Crippen LogP contribution in [0, 0.1) is 12.8 Å². The van der Waals surface area contributed by atoms with E-state index in [1.807, 2.05) is 6.07 Å². The van der Waals surface area contributed by atoms with Crippen molar-refractivity contribution in [2.45, 2.75) is 38.5 Å². The predicted molar refractivity (Wildman–Crippen MR) is 70.0 cm³/mol. The topological polar surface area (TPSA) is 31.4 Å². The Morgan fingerprint density at radius 3 is 2.72 bits per heavy atom. The molecule has 1 saturated carbocycles. The molecule has 0 N–H and O–H groups in total. The van der Waals surface area contributed by atoms with Crippen LogP contribution in [-0.2, 0) is 4.74 Å². The van der Waals surface area contributed by atoms with Crippen LogP contribution in [0.1, 0.15) is 42.9 Å². The highest BCUT2D eigenvalue weighted by Crippen LogP contribution is 2.39. The lowest BCUT2D eigenvalue weighted by Crippen LogP contribution is -2.21. The summed E-state index contributed by atoms with van der Waals surface area (Å²) in [6, 6.07) is 4.24. The molecule has 2 heterocycles. The lowest BCUT2D eigenvalue weighted by molar-refractivity contribution is 0.0490. The van der Waals surface area contributed by atoms with E-state index in [9.17, 15) is 0 Å². The Morgan fingerprint density at radius 1 is 1.22 bits per heavy atom. The maximum atomic E-state index is 5.88. The van der Waals surface area contributed by atoms with E-state index in [-0.39, 0.29) is 0 Å². The van der Waals surface area contributed by atoms with Gasteiger partial charge in [0.05, 0.1) is 6.61 Å². The second-order valence-corrected chi connectivity index (χ2v) is 5.55. The Hall–Kier alpha value is -1.09. The van der Waals surface area contributed by atoms with E-state index in [0.717, 1.165) is 38.5 Å². The number of hydrogen-bond donors (Lipinski definition) is 0. The van der Waals surface area contributed by atoms with Gasteiger partial charge in [0.25, 0.3) is 0 Å².